The molecular formula is C32H33NO5. The number of hydrogen-bond acceptors (Lipinski definition) is 4. The average molecular weight is 512 g/mol. The molecule has 0 atom stereocenters. The average Bonchev–Trinajstić information content (AvgIpc) is 3.51. The fourth-order valence-electron chi connectivity index (χ4n) is 4.67. The van der Waals surface area contributed by atoms with Crippen LogP contribution in [0.25, 0.3) is 33.2 Å². The molecule has 1 N–H and O–H groups in total. The van der Waals surface area contributed by atoms with E-state index in [-0.39, 0.29) is 0 Å². The number of aromatic nitrogens is 1. The van der Waals surface area contributed by atoms with Crippen molar-refractivity contribution in [2.45, 2.75) is 52.2 Å². The highest BCUT2D eigenvalue weighted by Crippen LogP contribution is 2.34. The van der Waals surface area contributed by atoms with Crippen LogP contribution in [-0.4, -0.2) is 27.9 Å². The molecule has 2 aromatic heterocycles. The van der Waals surface area contributed by atoms with E-state index in [2.05, 4.69) is 35.8 Å². The maximum Gasteiger partial charge on any atom is 0.347 e. The largest absolute Gasteiger partial charge is 0.493 e. The van der Waals surface area contributed by atoms with Crippen molar-refractivity contribution in [3.8, 4) is 22.8 Å². The normalized spacial score (nSPS) is 11.8. The molecule has 0 aliphatic rings. The molecule has 0 spiro atoms. The van der Waals surface area contributed by atoms with Gasteiger partial charge in [-0.05, 0) is 62.6 Å². The van der Waals surface area contributed by atoms with Crippen molar-refractivity contribution in [2.24, 2.45) is 0 Å². The lowest BCUT2D eigenvalue weighted by Crippen LogP contribution is -2.37. The zero-order valence-corrected chi connectivity index (χ0v) is 22.1. The molecule has 38 heavy (non-hydrogen) atoms. The van der Waals surface area contributed by atoms with Gasteiger partial charge in [-0.1, -0.05) is 49.7 Å². The predicted molar refractivity (Wildman–Crippen MR) is 150 cm³/mol. The smallest absolute Gasteiger partial charge is 0.347 e. The van der Waals surface area contributed by atoms with Crippen LogP contribution in [0.3, 0.4) is 0 Å². The van der Waals surface area contributed by atoms with Crippen molar-refractivity contribution in [1.29, 1.82) is 0 Å². The quantitative estimate of drug-likeness (QED) is 0.184. The standard InChI is InChI=1S/C32H33NO5/c1-4-10-23-19-24-20-29(22-11-6-5-7-12-22)37-30(24)21-28(23)36-18-9-16-33-17-15-25-26(33)13-8-14-27(25)38-32(2,3)31(34)35/h5-8,11-15,17,19-21H,4,9-10,16,18H2,1-3H3,(H,34,35). The van der Waals surface area contributed by atoms with Gasteiger partial charge in [0.1, 0.15) is 22.8 Å². The molecule has 0 radical (unpaired) electrons. The molecule has 5 rings (SSSR count). The Balaban J connectivity index is 1.28. The summed E-state index contributed by atoms with van der Waals surface area (Å²) in [7, 11) is 0. The monoisotopic (exact) mass is 511 g/mol. The maximum absolute atomic E-state index is 11.5. The van der Waals surface area contributed by atoms with E-state index in [1.165, 1.54) is 5.56 Å². The van der Waals surface area contributed by atoms with Gasteiger partial charge in [0.15, 0.2) is 5.60 Å². The fourth-order valence-corrected chi connectivity index (χ4v) is 4.67. The Morgan fingerprint density at radius 2 is 1.82 bits per heavy atom. The first kappa shape index (κ1) is 25.5. The van der Waals surface area contributed by atoms with Crippen LogP contribution < -0.4 is 9.47 Å². The van der Waals surface area contributed by atoms with Gasteiger partial charge in [-0.25, -0.2) is 4.79 Å². The summed E-state index contributed by atoms with van der Waals surface area (Å²) in [5.74, 6) is 1.29. The summed E-state index contributed by atoms with van der Waals surface area (Å²) in [4.78, 5) is 11.5. The molecule has 2 heterocycles. The van der Waals surface area contributed by atoms with Gasteiger partial charge >= 0.3 is 5.97 Å². The fraction of sp³-hybridized carbons (Fsp3) is 0.281. The number of furan rings is 1. The molecular weight excluding hydrogens is 478 g/mol. The number of nitrogens with zero attached hydrogens (tertiary/aromatic N) is 1. The minimum absolute atomic E-state index is 0.565. The summed E-state index contributed by atoms with van der Waals surface area (Å²) in [6.45, 7) is 6.61. The van der Waals surface area contributed by atoms with Crippen molar-refractivity contribution in [1.82, 2.24) is 4.57 Å². The maximum atomic E-state index is 11.5. The third-order valence-corrected chi connectivity index (χ3v) is 6.73. The summed E-state index contributed by atoms with van der Waals surface area (Å²) in [6, 6.07) is 24.1. The van der Waals surface area contributed by atoms with Crippen LogP contribution in [0, 0.1) is 0 Å². The second kappa shape index (κ2) is 10.7. The zero-order valence-electron chi connectivity index (χ0n) is 22.1. The number of fused-ring (bicyclic) bond motifs is 2. The topological polar surface area (TPSA) is 73.8 Å². The second-order valence-electron chi connectivity index (χ2n) is 10.0. The van der Waals surface area contributed by atoms with Crippen LogP contribution in [0.5, 0.6) is 11.5 Å². The Morgan fingerprint density at radius 3 is 2.58 bits per heavy atom. The third kappa shape index (κ3) is 5.25. The molecule has 0 aliphatic carbocycles. The van der Waals surface area contributed by atoms with Gasteiger partial charge in [-0.3, -0.25) is 0 Å². The van der Waals surface area contributed by atoms with Crippen molar-refractivity contribution in [3.63, 3.8) is 0 Å². The lowest BCUT2D eigenvalue weighted by Gasteiger charge is -2.22. The first-order valence-electron chi connectivity index (χ1n) is 13.1. The molecule has 0 bridgehead atoms. The van der Waals surface area contributed by atoms with Gasteiger partial charge in [0.25, 0.3) is 0 Å². The summed E-state index contributed by atoms with van der Waals surface area (Å²) in [6.07, 6.45) is 4.79. The number of carboxylic acid groups (broad SMARTS) is 1. The van der Waals surface area contributed by atoms with Gasteiger partial charge in [0.05, 0.1) is 12.1 Å². The lowest BCUT2D eigenvalue weighted by atomic mass is 10.1. The molecule has 0 amide bonds. The predicted octanol–water partition coefficient (Wildman–Crippen LogP) is 7.72. The van der Waals surface area contributed by atoms with Crippen molar-refractivity contribution in [2.75, 3.05) is 6.61 Å². The van der Waals surface area contributed by atoms with E-state index in [0.717, 1.165) is 64.8 Å². The van der Waals surface area contributed by atoms with Crippen LogP contribution in [0.4, 0.5) is 0 Å². The number of ether oxygens (including phenoxy) is 2. The molecule has 0 saturated heterocycles. The Labute approximate surface area is 222 Å². The SMILES string of the molecule is CCCc1cc2cc(-c3ccccc3)oc2cc1OCCCn1ccc2c(OC(C)(C)C(=O)O)cccc21. The molecule has 5 aromatic rings. The van der Waals surface area contributed by atoms with Crippen LogP contribution in [0.1, 0.15) is 39.2 Å². The molecule has 0 unspecified atom stereocenters. The van der Waals surface area contributed by atoms with Crippen molar-refractivity contribution in [3.05, 3.63) is 84.6 Å². The lowest BCUT2D eigenvalue weighted by molar-refractivity contribution is -0.152. The van der Waals surface area contributed by atoms with E-state index in [9.17, 15) is 9.90 Å². The van der Waals surface area contributed by atoms with E-state index < -0.39 is 11.6 Å². The molecule has 0 fully saturated rings. The first-order chi connectivity index (χ1) is 18.4. The summed E-state index contributed by atoms with van der Waals surface area (Å²) in [5.41, 5.74) is 2.77. The summed E-state index contributed by atoms with van der Waals surface area (Å²) < 4.78 is 20.4. The van der Waals surface area contributed by atoms with E-state index in [1.807, 2.05) is 54.7 Å². The second-order valence-corrected chi connectivity index (χ2v) is 10.0. The van der Waals surface area contributed by atoms with Crippen LogP contribution in [0.2, 0.25) is 0 Å². The van der Waals surface area contributed by atoms with Gasteiger partial charge in [-0.2, -0.15) is 0 Å². The summed E-state index contributed by atoms with van der Waals surface area (Å²) in [5, 5.41) is 11.4. The van der Waals surface area contributed by atoms with E-state index >= 15 is 0 Å². The van der Waals surface area contributed by atoms with E-state index in [1.54, 1.807) is 13.8 Å². The molecule has 3 aromatic carbocycles. The van der Waals surface area contributed by atoms with E-state index in [4.69, 9.17) is 13.9 Å². The molecule has 0 aliphatic heterocycles. The van der Waals surface area contributed by atoms with Crippen molar-refractivity contribution >= 4 is 27.8 Å². The Hall–Kier alpha value is -4.19. The zero-order chi connectivity index (χ0) is 26.7. The Morgan fingerprint density at radius 1 is 1.00 bits per heavy atom. The Bertz CT molecular complexity index is 1560. The van der Waals surface area contributed by atoms with Gasteiger partial charge in [-0.15, -0.1) is 0 Å². The Kier molecular flexibility index (Phi) is 7.14. The van der Waals surface area contributed by atoms with Crippen molar-refractivity contribution < 1.29 is 23.8 Å². The highest BCUT2D eigenvalue weighted by molar-refractivity contribution is 5.87. The van der Waals surface area contributed by atoms with Crippen LogP contribution in [0.15, 0.2) is 83.4 Å². The number of benzene rings is 3. The number of carbonyl (C=O) groups is 1. The molecule has 6 nitrogen and oxygen atoms in total. The molecule has 6 heteroatoms. The highest BCUT2D eigenvalue weighted by Gasteiger charge is 2.30. The number of hydrogen-bond donors (Lipinski definition) is 1. The van der Waals surface area contributed by atoms with Gasteiger partial charge in [0, 0.05) is 35.1 Å². The molecule has 196 valence electrons. The van der Waals surface area contributed by atoms with Crippen LogP contribution in [-0.2, 0) is 17.8 Å². The van der Waals surface area contributed by atoms with Crippen LogP contribution >= 0.6 is 0 Å². The van der Waals surface area contributed by atoms with Gasteiger partial charge < -0.3 is 23.6 Å². The summed E-state index contributed by atoms with van der Waals surface area (Å²) >= 11 is 0. The molecule has 0 saturated carbocycles. The third-order valence-electron chi connectivity index (χ3n) is 6.73. The number of aryl methyl sites for hydroxylation is 2. The first-order valence-corrected chi connectivity index (χ1v) is 13.1. The van der Waals surface area contributed by atoms with E-state index in [0.29, 0.717) is 12.4 Å². The number of rotatable bonds is 11. The van der Waals surface area contributed by atoms with Gasteiger partial charge in [0.2, 0.25) is 0 Å². The minimum Gasteiger partial charge on any atom is -0.493 e. The minimum atomic E-state index is -1.31. The highest BCUT2D eigenvalue weighted by atomic mass is 16.5. The number of aliphatic carboxylic acids is 1. The number of carboxylic acids is 1.